The van der Waals surface area contributed by atoms with Gasteiger partial charge in [-0.05, 0) is 66.9 Å². The molecule has 1 atom stereocenters. The fourth-order valence-corrected chi connectivity index (χ4v) is 4.55. The van der Waals surface area contributed by atoms with Gasteiger partial charge in [-0.1, -0.05) is 35.9 Å². The summed E-state index contributed by atoms with van der Waals surface area (Å²) in [7, 11) is 3.28. The summed E-state index contributed by atoms with van der Waals surface area (Å²) in [5, 5.41) is 0.569. The second-order valence-electron chi connectivity index (χ2n) is 7.10. The molecule has 3 nitrogen and oxygen atoms in total. The van der Waals surface area contributed by atoms with Gasteiger partial charge in [0.05, 0.1) is 19.1 Å². The minimum Gasteiger partial charge on any atom is -0.497 e. The van der Waals surface area contributed by atoms with Crippen LogP contribution in [0.5, 0.6) is 11.5 Å². The number of hydrogen-bond acceptors (Lipinski definition) is 4. The monoisotopic (exact) mass is 440 g/mol. The van der Waals surface area contributed by atoms with Crippen molar-refractivity contribution in [3.8, 4) is 11.5 Å². The molecule has 0 spiro atoms. The molecule has 0 amide bonds. The summed E-state index contributed by atoms with van der Waals surface area (Å²) in [5.74, 6) is 1.60. The van der Waals surface area contributed by atoms with E-state index in [-0.39, 0.29) is 11.0 Å². The van der Waals surface area contributed by atoms with E-state index in [0.717, 1.165) is 33.1 Å². The molecular formula is C25H25ClO3S. The number of rotatable bonds is 8. The molecule has 30 heavy (non-hydrogen) atoms. The molecule has 3 aromatic rings. The Morgan fingerprint density at radius 2 is 1.67 bits per heavy atom. The zero-order valence-electron chi connectivity index (χ0n) is 17.6. The number of halogens is 1. The van der Waals surface area contributed by atoms with Crippen LogP contribution >= 0.6 is 23.4 Å². The summed E-state index contributed by atoms with van der Waals surface area (Å²) >= 11 is 7.68. The highest BCUT2D eigenvalue weighted by Gasteiger charge is 2.21. The van der Waals surface area contributed by atoms with Gasteiger partial charge in [-0.2, -0.15) is 0 Å². The summed E-state index contributed by atoms with van der Waals surface area (Å²) < 4.78 is 10.9. The lowest BCUT2D eigenvalue weighted by molar-refractivity contribution is 0.0982. The van der Waals surface area contributed by atoms with Gasteiger partial charge in [-0.3, -0.25) is 4.79 Å². The Bertz CT molecular complexity index is 1030. The molecule has 0 N–H and O–H groups in total. The van der Waals surface area contributed by atoms with E-state index in [1.807, 2.05) is 74.5 Å². The van der Waals surface area contributed by atoms with Crippen LogP contribution in [0.1, 0.15) is 38.7 Å². The average Bonchev–Trinajstić information content (AvgIpc) is 2.75. The van der Waals surface area contributed by atoms with E-state index in [0.29, 0.717) is 11.4 Å². The number of thioether (sulfide) groups is 1. The van der Waals surface area contributed by atoms with Crippen LogP contribution in [0.3, 0.4) is 0 Å². The summed E-state index contributed by atoms with van der Waals surface area (Å²) in [6, 6.07) is 19.2. The lowest BCUT2D eigenvalue weighted by Gasteiger charge is -2.19. The number of hydrogen-bond donors (Lipinski definition) is 0. The fourth-order valence-electron chi connectivity index (χ4n) is 3.14. The first-order valence-electron chi connectivity index (χ1n) is 9.66. The Morgan fingerprint density at radius 1 is 0.933 bits per heavy atom. The molecule has 3 aromatic carbocycles. The molecule has 0 heterocycles. The number of benzene rings is 3. The van der Waals surface area contributed by atoms with Crippen LogP contribution in [0, 0.1) is 13.8 Å². The summed E-state index contributed by atoms with van der Waals surface area (Å²) in [6.45, 7) is 4.07. The molecule has 5 heteroatoms. The van der Waals surface area contributed by atoms with Crippen LogP contribution in [-0.4, -0.2) is 20.0 Å². The van der Waals surface area contributed by atoms with Gasteiger partial charge in [-0.25, -0.2) is 0 Å². The zero-order chi connectivity index (χ0) is 21.7. The molecule has 0 aliphatic carbocycles. The molecule has 0 saturated heterocycles. The first-order valence-corrected chi connectivity index (χ1v) is 10.9. The van der Waals surface area contributed by atoms with E-state index in [1.54, 1.807) is 26.0 Å². The van der Waals surface area contributed by atoms with Gasteiger partial charge >= 0.3 is 0 Å². The molecule has 0 aromatic heterocycles. The largest absolute Gasteiger partial charge is 0.497 e. The third-order valence-electron chi connectivity index (χ3n) is 5.08. The predicted octanol–water partition coefficient (Wildman–Crippen LogP) is 7.08. The normalized spacial score (nSPS) is 11.8. The topological polar surface area (TPSA) is 35.5 Å². The van der Waals surface area contributed by atoms with Crippen molar-refractivity contribution in [1.29, 1.82) is 0 Å². The van der Waals surface area contributed by atoms with E-state index in [1.165, 1.54) is 5.56 Å². The molecule has 156 valence electrons. The van der Waals surface area contributed by atoms with Gasteiger partial charge in [0.2, 0.25) is 0 Å². The van der Waals surface area contributed by atoms with Gasteiger partial charge in [0, 0.05) is 22.3 Å². The molecule has 0 aliphatic rings. The molecule has 3 rings (SSSR count). The van der Waals surface area contributed by atoms with Gasteiger partial charge in [-0.15, -0.1) is 11.8 Å². The zero-order valence-corrected chi connectivity index (χ0v) is 19.1. The number of ether oxygens (including phenoxy) is 2. The van der Waals surface area contributed by atoms with Gasteiger partial charge in [0.1, 0.15) is 11.5 Å². The van der Waals surface area contributed by atoms with Gasteiger partial charge in [0.25, 0.3) is 0 Å². The van der Waals surface area contributed by atoms with E-state index in [4.69, 9.17) is 21.1 Å². The van der Waals surface area contributed by atoms with E-state index in [9.17, 15) is 4.79 Å². The number of carbonyl (C=O) groups excluding carboxylic acids is 1. The Morgan fingerprint density at radius 3 is 2.30 bits per heavy atom. The lowest BCUT2D eigenvalue weighted by Crippen LogP contribution is -2.06. The smallest absolute Gasteiger partial charge is 0.164 e. The number of Topliss-reactive ketones (excluding diaryl/α,β-unsaturated/α-hetero) is 1. The quantitative estimate of drug-likeness (QED) is 0.277. The highest BCUT2D eigenvalue weighted by atomic mass is 35.5. The molecular weight excluding hydrogens is 416 g/mol. The maximum absolute atomic E-state index is 13.1. The Labute approximate surface area is 187 Å². The lowest BCUT2D eigenvalue weighted by atomic mass is 9.99. The first kappa shape index (κ1) is 22.3. The number of carbonyl (C=O) groups is 1. The summed E-state index contributed by atoms with van der Waals surface area (Å²) in [4.78, 5) is 14.1. The van der Waals surface area contributed by atoms with Crippen molar-refractivity contribution in [2.75, 3.05) is 14.2 Å². The van der Waals surface area contributed by atoms with Crippen molar-refractivity contribution < 1.29 is 14.3 Å². The summed E-state index contributed by atoms with van der Waals surface area (Å²) in [6.07, 6.45) is 0.356. The third-order valence-corrected chi connectivity index (χ3v) is 6.63. The highest BCUT2D eigenvalue weighted by Crippen LogP contribution is 2.44. The SMILES string of the molecule is COc1ccc(OC)c(S[C@H](CC(=O)c2ccc(C)c(C)c2)c2ccc(Cl)cc2)c1. The van der Waals surface area contributed by atoms with Crippen LogP contribution in [0.2, 0.25) is 5.02 Å². The van der Waals surface area contributed by atoms with Crippen LogP contribution in [0.25, 0.3) is 0 Å². The average molecular weight is 441 g/mol. The van der Waals surface area contributed by atoms with Crippen molar-refractivity contribution in [2.45, 2.75) is 30.4 Å². The molecule has 0 radical (unpaired) electrons. The second kappa shape index (κ2) is 10.1. The minimum absolute atomic E-state index is 0.0996. The molecule has 0 bridgehead atoms. The van der Waals surface area contributed by atoms with Crippen LogP contribution in [0.15, 0.2) is 65.6 Å². The van der Waals surface area contributed by atoms with Crippen molar-refractivity contribution in [2.24, 2.45) is 0 Å². The number of aryl methyl sites for hydroxylation is 2. The van der Waals surface area contributed by atoms with Gasteiger partial charge in [0.15, 0.2) is 5.78 Å². The van der Waals surface area contributed by atoms with Crippen molar-refractivity contribution in [1.82, 2.24) is 0 Å². The molecule has 0 unspecified atom stereocenters. The Balaban J connectivity index is 1.94. The number of methoxy groups -OCH3 is 2. The van der Waals surface area contributed by atoms with E-state index >= 15 is 0 Å². The van der Waals surface area contributed by atoms with Crippen LogP contribution in [0.4, 0.5) is 0 Å². The Kier molecular flexibility index (Phi) is 7.46. The number of ketones is 1. The maximum atomic E-state index is 13.1. The summed E-state index contributed by atoms with van der Waals surface area (Å²) in [5.41, 5.74) is 4.06. The fraction of sp³-hybridized carbons (Fsp3) is 0.240. The first-order chi connectivity index (χ1) is 14.4. The molecule has 0 aliphatic heterocycles. The minimum atomic E-state index is -0.0996. The van der Waals surface area contributed by atoms with Crippen molar-refractivity contribution in [3.63, 3.8) is 0 Å². The third kappa shape index (κ3) is 5.38. The van der Waals surface area contributed by atoms with Crippen LogP contribution < -0.4 is 9.47 Å². The molecule has 0 saturated carbocycles. The molecule has 0 fully saturated rings. The van der Waals surface area contributed by atoms with Gasteiger partial charge < -0.3 is 9.47 Å². The van der Waals surface area contributed by atoms with E-state index < -0.39 is 0 Å². The standard InChI is InChI=1S/C25H25ClO3S/c1-16-5-6-19(13-17(16)2)22(27)15-24(18-7-9-20(26)10-8-18)30-25-14-21(28-3)11-12-23(25)29-4/h5-14,24H,15H2,1-4H3/t24-/m1/s1. The predicted molar refractivity (Wildman–Crippen MR) is 124 cm³/mol. The maximum Gasteiger partial charge on any atom is 0.164 e. The Hall–Kier alpha value is -2.43. The van der Waals surface area contributed by atoms with Crippen LogP contribution in [-0.2, 0) is 0 Å². The van der Waals surface area contributed by atoms with Crippen molar-refractivity contribution in [3.05, 3.63) is 87.9 Å². The second-order valence-corrected chi connectivity index (χ2v) is 8.78. The van der Waals surface area contributed by atoms with Crippen molar-refractivity contribution >= 4 is 29.1 Å². The highest BCUT2D eigenvalue weighted by molar-refractivity contribution is 7.99. The van der Waals surface area contributed by atoms with E-state index in [2.05, 4.69) is 0 Å².